The summed E-state index contributed by atoms with van der Waals surface area (Å²) >= 11 is 11.7. The Morgan fingerprint density at radius 3 is 2.68 bits per heavy atom. The van der Waals surface area contributed by atoms with Crippen LogP contribution in [0.15, 0.2) is 41.0 Å². The summed E-state index contributed by atoms with van der Waals surface area (Å²) in [4.78, 5) is 25.4. The third kappa shape index (κ3) is 4.26. The van der Waals surface area contributed by atoms with Crippen LogP contribution in [0.4, 0.5) is 0 Å². The maximum Gasteiger partial charge on any atom is 0.253 e. The van der Waals surface area contributed by atoms with Gasteiger partial charge in [-0.1, -0.05) is 23.2 Å². The number of likely N-dealkylation sites (N-methyl/N-ethyl adjacent to an activating group) is 1. The first kappa shape index (κ1) is 16.4. The fraction of sp³-hybridized carbons (Fsp3) is 0.200. The van der Waals surface area contributed by atoms with Crippen molar-refractivity contribution in [3.05, 3.63) is 58.0 Å². The molecule has 0 unspecified atom stereocenters. The van der Waals surface area contributed by atoms with Gasteiger partial charge in [-0.25, -0.2) is 0 Å². The van der Waals surface area contributed by atoms with Gasteiger partial charge in [-0.05, 0) is 30.3 Å². The molecule has 7 heteroatoms. The first-order valence-electron chi connectivity index (χ1n) is 6.47. The molecule has 0 aliphatic heterocycles. The lowest BCUT2D eigenvalue weighted by atomic mass is 10.2. The largest absolute Gasteiger partial charge is 0.467 e. The van der Waals surface area contributed by atoms with Gasteiger partial charge in [0.25, 0.3) is 5.91 Å². The minimum atomic E-state index is -0.429. The highest BCUT2D eigenvalue weighted by Crippen LogP contribution is 2.20. The summed E-state index contributed by atoms with van der Waals surface area (Å²) in [7, 11) is 1.63. The molecule has 5 nitrogen and oxygen atoms in total. The van der Waals surface area contributed by atoms with E-state index in [9.17, 15) is 9.59 Å². The molecule has 1 N–H and O–H groups in total. The fourth-order valence-electron chi connectivity index (χ4n) is 1.78. The van der Waals surface area contributed by atoms with Gasteiger partial charge in [0.1, 0.15) is 5.76 Å². The van der Waals surface area contributed by atoms with Crippen LogP contribution < -0.4 is 5.32 Å². The van der Waals surface area contributed by atoms with Crippen molar-refractivity contribution in [3.8, 4) is 0 Å². The molecule has 2 aromatic rings. The van der Waals surface area contributed by atoms with Crippen LogP contribution >= 0.6 is 23.2 Å². The summed E-state index contributed by atoms with van der Waals surface area (Å²) in [6.07, 6.45) is 1.54. The van der Waals surface area contributed by atoms with Gasteiger partial charge < -0.3 is 14.6 Å². The summed E-state index contributed by atoms with van der Waals surface area (Å²) in [5.74, 6) is -0.000765. The average Bonchev–Trinajstić information content (AvgIpc) is 2.97. The van der Waals surface area contributed by atoms with E-state index in [-0.39, 0.29) is 23.0 Å². The number of nitrogens with one attached hydrogen (secondary N) is 1. The van der Waals surface area contributed by atoms with E-state index in [2.05, 4.69) is 5.32 Å². The molecule has 0 saturated heterocycles. The second-order valence-electron chi connectivity index (χ2n) is 4.64. The van der Waals surface area contributed by atoms with Crippen LogP contribution in [-0.4, -0.2) is 30.3 Å². The van der Waals surface area contributed by atoms with Gasteiger partial charge >= 0.3 is 0 Å². The first-order valence-corrected chi connectivity index (χ1v) is 7.22. The number of rotatable bonds is 5. The zero-order chi connectivity index (χ0) is 16.1. The molecule has 0 atom stereocenters. The number of amides is 2. The molecule has 1 aromatic heterocycles. The molecular weight excluding hydrogens is 327 g/mol. The Morgan fingerprint density at radius 2 is 2.05 bits per heavy atom. The topological polar surface area (TPSA) is 62.6 Å². The van der Waals surface area contributed by atoms with Crippen LogP contribution in [0.5, 0.6) is 0 Å². The Bertz CT molecular complexity index is 671. The number of hydrogen-bond acceptors (Lipinski definition) is 3. The maximum absolute atomic E-state index is 12.0. The van der Waals surface area contributed by atoms with Crippen LogP contribution in [0.2, 0.25) is 10.0 Å². The molecule has 22 heavy (non-hydrogen) atoms. The van der Waals surface area contributed by atoms with Gasteiger partial charge in [0.2, 0.25) is 5.91 Å². The van der Waals surface area contributed by atoms with Gasteiger partial charge in [0.05, 0.1) is 29.9 Å². The number of furan rings is 1. The van der Waals surface area contributed by atoms with E-state index < -0.39 is 5.91 Å². The van der Waals surface area contributed by atoms with Gasteiger partial charge in [0.15, 0.2) is 0 Å². The second kappa shape index (κ2) is 7.33. The molecule has 0 saturated carbocycles. The normalized spacial score (nSPS) is 10.3. The molecule has 116 valence electrons. The van der Waals surface area contributed by atoms with Crippen molar-refractivity contribution in [2.45, 2.75) is 6.54 Å². The predicted octanol–water partition coefficient (Wildman–Crippen LogP) is 2.97. The number of nitrogens with zero attached hydrogens (tertiary/aromatic N) is 1. The van der Waals surface area contributed by atoms with E-state index in [0.717, 1.165) is 0 Å². The molecule has 2 rings (SSSR count). The van der Waals surface area contributed by atoms with Gasteiger partial charge in [0, 0.05) is 12.1 Å². The lowest BCUT2D eigenvalue weighted by molar-refractivity contribution is -0.129. The number of hydrogen-bond donors (Lipinski definition) is 1. The van der Waals surface area contributed by atoms with E-state index in [4.69, 9.17) is 27.6 Å². The van der Waals surface area contributed by atoms with E-state index in [0.29, 0.717) is 17.3 Å². The Balaban J connectivity index is 1.88. The van der Waals surface area contributed by atoms with Crippen molar-refractivity contribution >= 4 is 35.0 Å². The highest BCUT2D eigenvalue weighted by Gasteiger charge is 2.15. The van der Waals surface area contributed by atoms with Crippen molar-refractivity contribution in [3.63, 3.8) is 0 Å². The van der Waals surface area contributed by atoms with Crippen molar-refractivity contribution in [1.29, 1.82) is 0 Å². The standard InChI is InChI=1S/C15H14Cl2N2O3/c1-19(9-11-3-2-6-22-11)14(20)8-18-15(21)12-5-4-10(16)7-13(12)17/h2-7H,8-9H2,1H3,(H,18,21). The SMILES string of the molecule is CN(Cc1ccco1)C(=O)CNC(=O)c1ccc(Cl)cc1Cl. The lowest BCUT2D eigenvalue weighted by Gasteiger charge is -2.16. The Morgan fingerprint density at radius 1 is 1.27 bits per heavy atom. The predicted molar refractivity (Wildman–Crippen MR) is 84.0 cm³/mol. The summed E-state index contributed by atoms with van der Waals surface area (Å²) in [5, 5.41) is 3.21. The molecule has 0 radical (unpaired) electrons. The van der Waals surface area contributed by atoms with Crippen LogP contribution in [0.1, 0.15) is 16.1 Å². The van der Waals surface area contributed by atoms with E-state index in [1.54, 1.807) is 25.2 Å². The summed E-state index contributed by atoms with van der Waals surface area (Å²) in [6, 6.07) is 8.07. The molecule has 1 aromatic carbocycles. The Labute approximate surface area is 137 Å². The Kier molecular flexibility index (Phi) is 5.46. The summed E-state index contributed by atoms with van der Waals surface area (Å²) in [5.41, 5.74) is 0.271. The van der Waals surface area contributed by atoms with E-state index in [1.807, 2.05) is 0 Å². The average molecular weight is 341 g/mol. The molecule has 2 amide bonds. The van der Waals surface area contributed by atoms with Crippen LogP contribution in [0.3, 0.4) is 0 Å². The lowest BCUT2D eigenvalue weighted by Crippen LogP contribution is -2.37. The molecule has 0 aliphatic rings. The molecular formula is C15H14Cl2N2O3. The van der Waals surface area contributed by atoms with Crippen molar-refractivity contribution in [2.75, 3.05) is 13.6 Å². The van der Waals surface area contributed by atoms with Gasteiger partial charge in [-0.15, -0.1) is 0 Å². The van der Waals surface area contributed by atoms with E-state index in [1.165, 1.54) is 23.3 Å². The van der Waals surface area contributed by atoms with Gasteiger partial charge in [-0.3, -0.25) is 9.59 Å². The third-order valence-corrected chi connectivity index (χ3v) is 3.52. The van der Waals surface area contributed by atoms with Crippen LogP contribution in [0, 0.1) is 0 Å². The van der Waals surface area contributed by atoms with Gasteiger partial charge in [-0.2, -0.15) is 0 Å². The number of carbonyl (C=O) groups excluding carboxylic acids is 2. The highest BCUT2D eigenvalue weighted by molar-refractivity contribution is 6.36. The molecule has 0 aliphatic carbocycles. The molecule has 0 bridgehead atoms. The summed E-state index contributed by atoms with van der Waals surface area (Å²) in [6.45, 7) is 0.207. The second-order valence-corrected chi connectivity index (χ2v) is 5.48. The third-order valence-electron chi connectivity index (χ3n) is 2.97. The molecule has 0 fully saturated rings. The molecule has 1 heterocycles. The minimum absolute atomic E-state index is 0.130. The molecule has 0 spiro atoms. The Hall–Kier alpha value is -1.98. The summed E-state index contributed by atoms with van der Waals surface area (Å²) < 4.78 is 5.16. The smallest absolute Gasteiger partial charge is 0.253 e. The maximum atomic E-state index is 12.0. The minimum Gasteiger partial charge on any atom is -0.467 e. The van der Waals surface area contributed by atoms with Crippen molar-refractivity contribution < 1.29 is 14.0 Å². The van der Waals surface area contributed by atoms with Crippen LogP contribution in [-0.2, 0) is 11.3 Å². The number of halogens is 2. The quantitative estimate of drug-likeness (QED) is 0.909. The zero-order valence-electron chi connectivity index (χ0n) is 11.8. The number of carbonyl (C=O) groups is 2. The first-order chi connectivity index (χ1) is 10.5. The van der Waals surface area contributed by atoms with E-state index >= 15 is 0 Å². The monoisotopic (exact) mass is 340 g/mol. The van der Waals surface area contributed by atoms with Crippen molar-refractivity contribution in [1.82, 2.24) is 10.2 Å². The van der Waals surface area contributed by atoms with Crippen molar-refractivity contribution in [2.24, 2.45) is 0 Å². The fourth-order valence-corrected chi connectivity index (χ4v) is 2.28. The highest BCUT2D eigenvalue weighted by atomic mass is 35.5. The zero-order valence-corrected chi connectivity index (χ0v) is 13.3. The van der Waals surface area contributed by atoms with Crippen LogP contribution in [0.25, 0.3) is 0 Å². The number of benzene rings is 1.